The number of amides is 1. The summed E-state index contributed by atoms with van der Waals surface area (Å²) in [5.74, 6) is 4.89. The molecule has 0 radical (unpaired) electrons. The van der Waals surface area contributed by atoms with Crippen molar-refractivity contribution in [2.75, 3.05) is 6.54 Å². The normalized spacial score (nSPS) is 9.50. The Morgan fingerprint density at radius 2 is 1.85 bits per heavy atom. The van der Waals surface area contributed by atoms with Crippen LogP contribution in [0.15, 0.2) is 48.5 Å². The van der Waals surface area contributed by atoms with Crippen LogP contribution in [0.2, 0.25) is 0 Å². The van der Waals surface area contributed by atoms with E-state index in [1.165, 1.54) is 6.07 Å². The first-order valence-corrected chi connectivity index (χ1v) is 7.02. The Morgan fingerprint density at radius 3 is 2.60 bits per heavy atom. The van der Waals surface area contributed by atoms with E-state index in [1.54, 1.807) is 24.3 Å². The second-order valence-corrected chi connectivity index (χ2v) is 5.11. The topological polar surface area (TPSA) is 29.1 Å². The summed E-state index contributed by atoms with van der Waals surface area (Å²) in [6.45, 7) is 0.179. The Morgan fingerprint density at radius 1 is 1.15 bits per heavy atom. The van der Waals surface area contributed by atoms with Crippen LogP contribution in [-0.2, 0) is 0 Å². The van der Waals surface area contributed by atoms with Gasteiger partial charge in [-0.05, 0) is 46.9 Å². The summed E-state index contributed by atoms with van der Waals surface area (Å²) in [4.78, 5) is 11.9. The molecule has 0 aliphatic heterocycles. The van der Waals surface area contributed by atoms with Gasteiger partial charge in [-0.3, -0.25) is 4.79 Å². The number of nitrogens with one attached hydrogen (secondary N) is 1. The van der Waals surface area contributed by atoms with Gasteiger partial charge in [0.2, 0.25) is 0 Å². The van der Waals surface area contributed by atoms with Crippen LogP contribution in [0.25, 0.3) is 0 Å². The smallest absolute Gasteiger partial charge is 0.253 e. The van der Waals surface area contributed by atoms with Crippen LogP contribution in [-0.4, -0.2) is 12.5 Å². The van der Waals surface area contributed by atoms with Gasteiger partial charge in [-0.25, -0.2) is 4.39 Å². The monoisotopic (exact) mass is 379 g/mol. The van der Waals surface area contributed by atoms with Gasteiger partial charge in [0, 0.05) is 3.57 Å². The van der Waals surface area contributed by atoms with Crippen molar-refractivity contribution >= 4 is 28.5 Å². The van der Waals surface area contributed by atoms with E-state index in [4.69, 9.17) is 0 Å². The van der Waals surface area contributed by atoms with Crippen LogP contribution < -0.4 is 5.32 Å². The molecule has 1 N–H and O–H groups in total. The first kappa shape index (κ1) is 14.5. The maximum Gasteiger partial charge on any atom is 0.253 e. The third-order valence-electron chi connectivity index (χ3n) is 2.55. The number of benzene rings is 2. The molecule has 0 fully saturated rings. The quantitative estimate of drug-likeness (QED) is 0.630. The van der Waals surface area contributed by atoms with Crippen LogP contribution in [0.5, 0.6) is 0 Å². The Hall–Kier alpha value is -1.87. The molecular weight excluding hydrogens is 368 g/mol. The zero-order chi connectivity index (χ0) is 14.4. The standard InChI is InChI=1S/C16H11FINO/c17-14-9-3-1-6-12(14)7-5-11-19-16(20)13-8-2-4-10-15(13)18/h1-4,6,8-10H,11H2,(H,19,20). The highest BCUT2D eigenvalue weighted by Crippen LogP contribution is 2.10. The van der Waals surface area contributed by atoms with Crippen LogP contribution in [0, 0.1) is 21.2 Å². The lowest BCUT2D eigenvalue weighted by molar-refractivity contribution is 0.0958. The van der Waals surface area contributed by atoms with E-state index < -0.39 is 0 Å². The molecule has 0 saturated heterocycles. The fourth-order valence-corrected chi connectivity index (χ4v) is 2.20. The summed E-state index contributed by atoms with van der Waals surface area (Å²) in [5, 5.41) is 2.69. The van der Waals surface area contributed by atoms with E-state index >= 15 is 0 Å². The largest absolute Gasteiger partial charge is 0.341 e. The maximum absolute atomic E-state index is 13.3. The van der Waals surface area contributed by atoms with Crippen molar-refractivity contribution < 1.29 is 9.18 Å². The molecule has 0 heterocycles. The highest BCUT2D eigenvalue weighted by Gasteiger charge is 2.06. The summed E-state index contributed by atoms with van der Waals surface area (Å²) in [6, 6.07) is 13.6. The van der Waals surface area contributed by atoms with Gasteiger partial charge in [0.15, 0.2) is 0 Å². The summed E-state index contributed by atoms with van der Waals surface area (Å²) in [5.41, 5.74) is 0.942. The fraction of sp³-hybridized carbons (Fsp3) is 0.0625. The summed E-state index contributed by atoms with van der Waals surface area (Å²) < 4.78 is 14.2. The van der Waals surface area contributed by atoms with E-state index in [2.05, 4.69) is 39.7 Å². The van der Waals surface area contributed by atoms with Gasteiger partial charge in [0.1, 0.15) is 5.82 Å². The SMILES string of the molecule is O=C(NCC#Cc1ccccc1F)c1ccccc1I. The van der Waals surface area contributed by atoms with E-state index in [-0.39, 0.29) is 18.3 Å². The minimum absolute atomic E-state index is 0.179. The molecule has 0 unspecified atom stereocenters. The second-order valence-electron chi connectivity index (χ2n) is 3.94. The van der Waals surface area contributed by atoms with E-state index in [1.807, 2.05) is 18.2 Å². The Labute approximate surface area is 130 Å². The van der Waals surface area contributed by atoms with Gasteiger partial charge in [0.05, 0.1) is 17.7 Å². The minimum Gasteiger partial charge on any atom is -0.341 e. The minimum atomic E-state index is -0.357. The van der Waals surface area contributed by atoms with Crippen molar-refractivity contribution in [2.24, 2.45) is 0 Å². The Balaban J connectivity index is 1.96. The molecule has 0 bridgehead atoms. The third kappa shape index (κ3) is 3.81. The maximum atomic E-state index is 13.3. The summed E-state index contributed by atoms with van der Waals surface area (Å²) in [6.07, 6.45) is 0. The molecule has 2 aromatic carbocycles. The van der Waals surface area contributed by atoms with Crippen molar-refractivity contribution in [3.63, 3.8) is 0 Å². The van der Waals surface area contributed by atoms with Crippen molar-refractivity contribution in [3.05, 3.63) is 69.0 Å². The van der Waals surface area contributed by atoms with Gasteiger partial charge in [-0.1, -0.05) is 36.1 Å². The third-order valence-corrected chi connectivity index (χ3v) is 3.49. The molecule has 2 nitrogen and oxygen atoms in total. The second kappa shape index (κ2) is 7.06. The van der Waals surface area contributed by atoms with Gasteiger partial charge >= 0.3 is 0 Å². The first-order valence-electron chi connectivity index (χ1n) is 5.94. The van der Waals surface area contributed by atoms with Gasteiger partial charge in [-0.15, -0.1) is 0 Å². The average Bonchev–Trinajstić information content (AvgIpc) is 2.45. The highest BCUT2D eigenvalue weighted by molar-refractivity contribution is 14.1. The predicted molar refractivity (Wildman–Crippen MR) is 84.8 cm³/mol. The molecular formula is C16H11FINO. The van der Waals surface area contributed by atoms with Crippen molar-refractivity contribution in [2.45, 2.75) is 0 Å². The first-order chi connectivity index (χ1) is 9.68. The number of carbonyl (C=O) groups excluding carboxylic acids is 1. The molecule has 0 saturated carbocycles. The molecule has 2 rings (SSSR count). The lowest BCUT2D eigenvalue weighted by Crippen LogP contribution is -2.24. The van der Waals surface area contributed by atoms with Gasteiger partial charge in [-0.2, -0.15) is 0 Å². The number of carbonyl (C=O) groups is 1. The number of hydrogen-bond donors (Lipinski definition) is 1. The molecule has 100 valence electrons. The highest BCUT2D eigenvalue weighted by atomic mass is 127. The van der Waals surface area contributed by atoms with Gasteiger partial charge < -0.3 is 5.32 Å². The molecule has 0 atom stereocenters. The zero-order valence-electron chi connectivity index (χ0n) is 10.5. The zero-order valence-corrected chi connectivity index (χ0v) is 12.6. The predicted octanol–water partition coefficient (Wildman–Crippen LogP) is 3.21. The molecule has 0 aromatic heterocycles. The van der Waals surface area contributed by atoms with Crippen molar-refractivity contribution in [3.8, 4) is 11.8 Å². The summed E-state index contributed by atoms with van der Waals surface area (Å²) in [7, 11) is 0. The fourth-order valence-electron chi connectivity index (χ4n) is 1.57. The summed E-state index contributed by atoms with van der Waals surface area (Å²) >= 11 is 2.10. The lowest BCUT2D eigenvalue weighted by Gasteiger charge is -2.03. The van der Waals surface area contributed by atoms with Crippen LogP contribution in [0.4, 0.5) is 4.39 Å². The number of hydrogen-bond acceptors (Lipinski definition) is 1. The van der Waals surface area contributed by atoms with Crippen molar-refractivity contribution in [1.82, 2.24) is 5.32 Å². The Bertz CT molecular complexity index is 688. The molecule has 2 aromatic rings. The van der Waals surface area contributed by atoms with Crippen LogP contribution in [0.3, 0.4) is 0 Å². The van der Waals surface area contributed by atoms with Gasteiger partial charge in [0.25, 0.3) is 5.91 Å². The van der Waals surface area contributed by atoms with Crippen LogP contribution in [0.1, 0.15) is 15.9 Å². The Kier molecular flexibility index (Phi) is 5.13. The molecule has 20 heavy (non-hydrogen) atoms. The average molecular weight is 379 g/mol. The molecule has 0 spiro atoms. The van der Waals surface area contributed by atoms with E-state index in [9.17, 15) is 9.18 Å². The number of rotatable bonds is 2. The van der Waals surface area contributed by atoms with E-state index in [0.29, 0.717) is 11.1 Å². The molecule has 1 amide bonds. The lowest BCUT2D eigenvalue weighted by atomic mass is 10.2. The number of halogens is 2. The van der Waals surface area contributed by atoms with Crippen molar-refractivity contribution in [1.29, 1.82) is 0 Å². The van der Waals surface area contributed by atoms with E-state index in [0.717, 1.165) is 3.57 Å². The molecule has 0 aliphatic carbocycles. The van der Waals surface area contributed by atoms with Crippen LogP contribution >= 0.6 is 22.6 Å². The molecule has 0 aliphatic rings. The molecule has 4 heteroatoms.